The van der Waals surface area contributed by atoms with Gasteiger partial charge in [-0.2, -0.15) is 0 Å². The van der Waals surface area contributed by atoms with Gasteiger partial charge in [0.05, 0.1) is 18.6 Å². The summed E-state index contributed by atoms with van der Waals surface area (Å²) in [6.45, 7) is 0.612. The summed E-state index contributed by atoms with van der Waals surface area (Å²) in [6.07, 6.45) is 1.71. The van der Waals surface area contributed by atoms with Gasteiger partial charge in [-0.05, 0) is 52.7 Å². The average molecular weight is 510 g/mol. The molecule has 0 aromatic heterocycles. The number of hydrogen-bond donors (Lipinski definition) is 0. The summed E-state index contributed by atoms with van der Waals surface area (Å²) >= 11 is 4.41. The largest absolute Gasteiger partial charge is 0.493 e. The maximum absolute atomic E-state index is 12.9. The SMILES string of the molecule is COc1ccc(/C=C2\SC(=O)N(Cc3ccccc3Br)C2=O)cc1OCc1ccccc1. The van der Waals surface area contributed by atoms with Crippen molar-refractivity contribution >= 4 is 44.9 Å². The summed E-state index contributed by atoms with van der Waals surface area (Å²) in [6, 6.07) is 22.8. The summed E-state index contributed by atoms with van der Waals surface area (Å²) in [7, 11) is 1.58. The molecule has 0 radical (unpaired) electrons. The van der Waals surface area contributed by atoms with Gasteiger partial charge in [0, 0.05) is 4.47 Å². The number of carbonyl (C=O) groups is 2. The lowest BCUT2D eigenvalue weighted by Crippen LogP contribution is -2.27. The Morgan fingerprint density at radius 2 is 1.72 bits per heavy atom. The van der Waals surface area contributed by atoms with E-state index in [0.717, 1.165) is 32.9 Å². The Balaban J connectivity index is 1.53. The van der Waals surface area contributed by atoms with Crippen molar-refractivity contribution in [2.45, 2.75) is 13.2 Å². The van der Waals surface area contributed by atoms with Crippen molar-refractivity contribution in [3.63, 3.8) is 0 Å². The molecule has 0 spiro atoms. The van der Waals surface area contributed by atoms with E-state index in [-0.39, 0.29) is 17.7 Å². The molecule has 2 amide bonds. The first-order valence-corrected chi connectivity index (χ1v) is 11.5. The van der Waals surface area contributed by atoms with Crippen LogP contribution in [0.25, 0.3) is 6.08 Å². The van der Waals surface area contributed by atoms with Gasteiger partial charge in [-0.15, -0.1) is 0 Å². The van der Waals surface area contributed by atoms with Crippen LogP contribution in [0.3, 0.4) is 0 Å². The number of halogens is 1. The van der Waals surface area contributed by atoms with Gasteiger partial charge >= 0.3 is 0 Å². The topological polar surface area (TPSA) is 55.8 Å². The van der Waals surface area contributed by atoms with E-state index in [1.807, 2.05) is 66.7 Å². The van der Waals surface area contributed by atoms with Crippen LogP contribution < -0.4 is 9.47 Å². The third-order valence-corrected chi connectivity index (χ3v) is 6.56. The first kappa shape index (κ1) is 22.2. The van der Waals surface area contributed by atoms with E-state index >= 15 is 0 Å². The second kappa shape index (κ2) is 10.1. The zero-order chi connectivity index (χ0) is 22.5. The molecule has 0 saturated carbocycles. The van der Waals surface area contributed by atoms with Crippen LogP contribution in [0.15, 0.2) is 82.2 Å². The first-order chi connectivity index (χ1) is 15.5. The van der Waals surface area contributed by atoms with E-state index in [9.17, 15) is 9.59 Å². The van der Waals surface area contributed by atoms with Crippen molar-refractivity contribution in [1.29, 1.82) is 0 Å². The molecule has 0 aliphatic carbocycles. The zero-order valence-electron chi connectivity index (χ0n) is 17.3. The Hall–Kier alpha value is -3.03. The summed E-state index contributed by atoms with van der Waals surface area (Å²) < 4.78 is 12.2. The number of thioether (sulfide) groups is 1. The third-order valence-electron chi connectivity index (χ3n) is 4.88. The summed E-state index contributed by atoms with van der Waals surface area (Å²) in [5.74, 6) is 0.857. The van der Waals surface area contributed by atoms with Crippen molar-refractivity contribution in [2.24, 2.45) is 0 Å². The molecule has 7 heteroatoms. The highest BCUT2D eigenvalue weighted by molar-refractivity contribution is 9.10. The van der Waals surface area contributed by atoms with Gasteiger partial charge < -0.3 is 9.47 Å². The zero-order valence-corrected chi connectivity index (χ0v) is 19.7. The van der Waals surface area contributed by atoms with Crippen LogP contribution in [-0.2, 0) is 17.9 Å². The molecule has 1 saturated heterocycles. The van der Waals surface area contributed by atoms with Crippen LogP contribution in [0.1, 0.15) is 16.7 Å². The number of nitrogens with zero attached hydrogens (tertiary/aromatic N) is 1. The van der Waals surface area contributed by atoms with Crippen molar-refractivity contribution in [2.75, 3.05) is 7.11 Å². The monoisotopic (exact) mass is 509 g/mol. The Bertz CT molecular complexity index is 1180. The Morgan fingerprint density at radius 1 is 0.969 bits per heavy atom. The van der Waals surface area contributed by atoms with Gasteiger partial charge in [-0.3, -0.25) is 14.5 Å². The predicted molar refractivity (Wildman–Crippen MR) is 129 cm³/mol. The van der Waals surface area contributed by atoms with E-state index in [1.54, 1.807) is 19.3 Å². The van der Waals surface area contributed by atoms with Gasteiger partial charge in [0.15, 0.2) is 11.5 Å². The highest BCUT2D eigenvalue weighted by Crippen LogP contribution is 2.36. The van der Waals surface area contributed by atoms with E-state index < -0.39 is 0 Å². The van der Waals surface area contributed by atoms with E-state index in [1.165, 1.54) is 4.90 Å². The lowest BCUT2D eigenvalue weighted by molar-refractivity contribution is -0.123. The number of rotatable bonds is 7. The minimum Gasteiger partial charge on any atom is -0.493 e. The van der Waals surface area contributed by atoms with Crippen molar-refractivity contribution in [3.8, 4) is 11.5 Å². The highest BCUT2D eigenvalue weighted by Gasteiger charge is 2.35. The minimum absolute atomic E-state index is 0.220. The number of methoxy groups -OCH3 is 1. The van der Waals surface area contributed by atoms with Crippen LogP contribution in [0.2, 0.25) is 0 Å². The molecule has 1 aliphatic heterocycles. The van der Waals surface area contributed by atoms with Crippen LogP contribution in [0.5, 0.6) is 11.5 Å². The van der Waals surface area contributed by atoms with Crippen molar-refractivity contribution in [1.82, 2.24) is 4.90 Å². The number of imide groups is 1. The summed E-state index contributed by atoms with van der Waals surface area (Å²) in [4.78, 5) is 27.0. The maximum Gasteiger partial charge on any atom is 0.293 e. The smallest absolute Gasteiger partial charge is 0.293 e. The van der Waals surface area contributed by atoms with E-state index in [0.29, 0.717) is 23.0 Å². The maximum atomic E-state index is 12.9. The van der Waals surface area contributed by atoms with Crippen LogP contribution in [0.4, 0.5) is 4.79 Å². The average Bonchev–Trinajstić information content (AvgIpc) is 3.07. The molecule has 3 aromatic carbocycles. The fraction of sp³-hybridized carbons (Fsp3) is 0.120. The standard InChI is InChI=1S/C25H20BrNO4S/c1-30-21-12-11-18(13-22(21)31-16-17-7-3-2-4-8-17)14-23-24(28)27(25(29)32-23)15-19-9-5-6-10-20(19)26/h2-14H,15-16H2,1H3/b23-14-. The van der Waals surface area contributed by atoms with E-state index in [4.69, 9.17) is 9.47 Å². The molecular formula is C25H20BrNO4S. The summed E-state index contributed by atoms with van der Waals surface area (Å²) in [5, 5.41) is -0.286. The van der Waals surface area contributed by atoms with Gasteiger partial charge in [-0.1, -0.05) is 70.5 Å². The van der Waals surface area contributed by atoms with Crippen molar-refractivity contribution in [3.05, 3.63) is 98.9 Å². The molecule has 0 unspecified atom stereocenters. The number of benzene rings is 3. The number of ether oxygens (including phenoxy) is 2. The molecule has 5 nitrogen and oxygen atoms in total. The fourth-order valence-corrected chi connectivity index (χ4v) is 4.46. The highest BCUT2D eigenvalue weighted by atomic mass is 79.9. The van der Waals surface area contributed by atoms with Gasteiger partial charge in [-0.25, -0.2) is 0 Å². The minimum atomic E-state index is -0.307. The van der Waals surface area contributed by atoms with Gasteiger partial charge in [0.2, 0.25) is 0 Å². The molecular weight excluding hydrogens is 490 g/mol. The molecule has 0 bridgehead atoms. The lowest BCUT2D eigenvalue weighted by Gasteiger charge is -2.13. The van der Waals surface area contributed by atoms with Crippen molar-refractivity contribution < 1.29 is 19.1 Å². The van der Waals surface area contributed by atoms with Crippen LogP contribution in [0, 0.1) is 0 Å². The molecule has 32 heavy (non-hydrogen) atoms. The molecule has 1 heterocycles. The molecule has 0 N–H and O–H groups in total. The molecule has 0 atom stereocenters. The van der Waals surface area contributed by atoms with E-state index in [2.05, 4.69) is 15.9 Å². The van der Waals surface area contributed by atoms with Gasteiger partial charge in [0.1, 0.15) is 6.61 Å². The second-order valence-electron chi connectivity index (χ2n) is 7.04. The molecule has 4 rings (SSSR count). The Kier molecular flexibility index (Phi) is 6.97. The second-order valence-corrected chi connectivity index (χ2v) is 8.89. The van der Waals surface area contributed by atoms with Crippen LogP contribution >= 0.6 is 27.7 Å². The molecule has 1 fully saturated rings. The van der Waals surface area contributed by atoms with Gasteiger partial charge in [0.25, 0.3) is 11.1 Å². The Morgan fingerprint density at radius 3 is 2.47 bits per heavy atom. The Labute approximate surface area is 199 Å². The number of carbonyl (C=O) groups excluding carboxylic acids is 2. The number of amides is 2. The fourth-order valence-electron chi connectivity index (χ4n) is 3.22. The molecule has 3 aromatic rings. The quantitative estimate of drug-likeness (QED) is 0.351. The predicted octanol–water partition coefficient (Wildman–Crippen LogP) is 6.27. The normalized spacial score (nSPS) is 14.8. The molecule has 162 valence electrons. The summed E-state index contributed by atoms with van der Waals surface area (Å²) in [5.41, 5.74) is 2.66. The lowest BCUT2D eigenvalue weighted by atomic mass is 10.1. The first-order valence-electron chi connectivity index (χ1n) is 9.88. The number of hydrogen-bond acceptors (Lipinski definition) is 5. The molecule has 1 aliphatic rings. The van der Waals surface area contributed by atoms with Crippen LogP contribution in [-0.4, -0.2) is 23.2 Å². The third kappa shape index (κ3) is 5.06.